The van der Waals surface area contributed by atoms with Crippen molar-refractivity contribution in [3.8, 4) is 5.75 Å². The second kappa shape index (κ2) is 9.55. The summed E-state index contributed by atoms with van der Waals surface area (Å²) < 4.78 is 5.32. The fraction of sp³-hybridized carbons (Fsp3) is 0.312. The highest BCUT2D eigenvalue weighted by Gasteiger charge is 2.40. The zero-order valence-electron chi connectivity index (χ0n) is 22.2. The molecule has 5 heteroatoms. The molecule has 3 aromatic carbocycles. The van der Waals surface area contributed by atoms with Crippen molar-refractivity contribution in [2.45, 2.75) is 57.9 Å². The highest BCUT2D eigenvalue weighted by atomic mass is 16.5. The van der Waals surface area contributed by atoms with Crippen molar-refractivity contribution in [3.05, 3.63) is 101 Å². The van der Waals surface area contributed by atoms with Crippen LogP contribution < -0.4 is 15.0 Å². The largest absolute Gasteiger partial charge is 0.497 e. The molecule has 0 saturated carbocycles. The lowest BCUT2D eigenvalue weighted by Crippen LogP contribution is -2.37. The molecule has 2 atom stereocenters. The number of anilines is 2. The number of allylic oxidation sites excluding steroid dienone is 1. The van der Waals surface area contributed by atoms with Gasteiger partial charge in [-0.15, -0.1) is 0 Å². The number of Topliss-reactive ketones (excluding diaryl/α,β-unsaturated/α-hetero) is 1. The van der Waals surface area contributed by atoms with E-state index >= 15 is 0 Å². The molecule has 1 amide bonds. The van der Waals surface area contributed by atoms with Crippen LogP contribution in [0.5, 0.6) is 5.75 Å². The van der Waals surface area contributed by atoms with Crippen molar-refractivity contribution in [2.75, 3.05) is 17.3 Å². The van der Waals surface area contributed by atoms with E-state index in [0.717, 1.165) is 33.9 Å². The summed E-state index contributed by atoms with van der Waals surface area (Å²) >= 11 is 0. The summed E-state index contributed by atoms with van der Waals surface area (Å²) in [4.78, 5) is 28.9. The lowest BCUT2D eigenvalue weighted by Gasteiger charge is -2.35. The Morgan fingerprint density at radius 1 is 0.919 bits per heavy atom. The number of amides is 1. The summed E-state index contributed by atoms with van der Waals surface area (Å²) in [6.07, 6.45) is 1.08. The van der Waals surface area contributed by atoms with Gasteiger partial charge in [0.15, 0.2) is 5.78 Å². The van der Waals surface area contributed by atoms with Gasteiger partial charge in [0, 0.05) is 24.6 Å². The maximum Gasteiger partial charge on any atom is 0.224 e. The van der Waals surface area contributed by atoms with E-state index in [9.17, 15) is 9.59 Å². The molecule has 5 nitrogen and oxygen atoms in total. The normalized spacial score (nSPS) is 19.5. The third kappa shape index (κ3) is 4.66. The van der Waals surface area contributed by atoms with Gasteiger partial charge in [-0.05, 0) is 58.7 Å². The summed E-state index contributed by atoms with van der Waals surface area (Å²) in [5, 5.41) is 3.57. The molecule has 1 heterocycles. The number of methoxy groups -OCH3 is 1. The lowest BCUT2D eigenvalue weighted by molar-refractivity contribution is -0.117. The Balaban J connectivity index is 1.65. The zero-order valence-corrected chi connectivity index (χ0v) is 22.2. The molecule has 2 aliphatic rings. The minimum atomic E-state index is -0.498. The maximum atomic E-state index is 14.0. The van der Waals surface area contributed by atoms with Gasteiger partial charge < -0.3 is 10.1 Å². The Bertz CT molecular complexity index is 1360. The Labute approximate surface area is 219 Å². The Kier molecular flexibility index (Phi) is 6.40. The smallest absolute Gasteiger partial charge is 0.224 e. The van der Waals surface area contributed by atoms with Crippen LogP contribution in [0.3, 0.4) is 0 Å². The number of nitrogens with zero attached hydrogens (tertiary/aromatic N) is 1. The molecule has 0 spiro atoms. The molecule has 0 radical (unpaired) electrons. The van der Waals surface area contributed by atoms with Gasteiger partial charge in [0.1, 0.15) is 5.75 Å². The number of fused-ring (bicyclic) bond motifs is 1. The predicted octanol–water partition coefficient (Wildman–Crippen LogP) is 6.91. The average Bonchev–Trinajstić information content (AvgIpc) is 3.03. The van der Waals surface area contributed by atoms with Crippen LogP contribution in [0.2, 0.25) is 0 Å². The van der Waals surface area contributed by atoms with Crippen LogP contribution >= 0.6 is 0 Å². The van der Waals surface area contributed by atoms with Crippen LogP contribution in [0.1, 0.15) is 69.2 Å². The predicted molar refractivity (Wildman–Crippen MR) is 148 cm³/mol. The van der Waals surface area contributed by atoms with E-state index in [4.69, 9.17) is 4.74 Å². The summed E-state index contributed by atoms with van der Waals surface area (Å²) in [7, 11) is 1.65. The lowest BCUT2D eigenvalue weighted by atomic mass is 9.77. The Hall–Kier alpha value is -3.86. The first kappa shape index (κ1) is 24.8. The molecule has 37 heavy (non-hydrogen) atoms. The second-order valence-electron chi connectivity index (χ2n) is 11.0. The van der Waals surface area contributed by atoms with E-state index in [0.29, 0.717) is 18.4 Å². The molecule has 1 aliphatic heterocycles. The molecule has 0 bridgehead atoms. The quantitative estimate of drug-likeness (QED) is 0.430. The van der Waals surface area contributed by atoms with Crippen molar-refractivity contribution in [1.29, 1.82) is 0 Å². The fourth-order valence-corrected chi connectivity index (χ4v) is 5.53. The topological polar surface area (TPSA) is 58.6 Å². The number of carbonyl (C=O) groups excluding carboxylic acids is 2. The van der Waals surface area contributed by atoms with Gasteiger partial charge in [-0.2, -0.15) is 0 Å². The summed E-state index contributed by atoms with van der Waals surface area (Å²) in [6.45, 7) is 8.12. The number of ketones is 1. The SMILES string of the molecule is COc1ccc(C2CC(=O)C3=C(C2)Nc2ccccc2N(C(C)=O)C3c2ccc(C(C)(C)C)cc2)cc1. The number of rotatable bonds is 3. The standard InChI is InChI=1S/C32H34N2O3/c1-20(35)34-28-9-7-6-8-26(28)33-27-18-23(21-12-16-25(37-5)17-13-21)19-29(36)30(27)31(34)22-10-14-24(15-11-22)32(2,3)4/h6-17,23,31,33H,18-19H2,1-5H3. The van der Waals surface area contributed by atoms with Gasteiger partial charge in [-0.1, -0.05) is 69.3 Å². The van der Waals surface area contributed by atoms with E-state index < -0.39 is 6.04 Å². The maximum absolute atomic E-state index is 14.0. The number of ether oxygens (including phenoxy) is 1. The number of carbonyl (C=O) groups is 2. The average molecular weight is 495 g/mol. The second-order valence-corrected chi connectivity index (χ2v) is 11.0. The third-order valence-electron chi connectivity index (χ3n) is 7.51. The van der Waals surface area contributed by atoms with Crippen molar-refractivity contribution < 1.29 is 14.3 Å². The first-order valence-corrected chi connectivity index (χ1v) is 12.8. The number of benzene rings is 3. The van der Waals surface area contributed by atoms with E-state index in [-0.39, 0.29) is 23.0 Å². The van der Waals surface area contributed by atoms with Crippen LogP contribution in [0.4, 0.5) is 11.4 Å². The number of hydrogen-bond acceptors (Lipinski definition) is 4. The Morgan fingerprint density at radius 3 is 2.19 bits per heavy atom. The van der Waals surface area contributed by atoms with E-state index in [1.165, 1.54) is 5.56 Å². The summed E-state index contributed by atoms with van der Waals surface area (Å²) in [5.74, 6) is 0.810. The van der Waals surface area contributed by atoms with Gasteiger partial charge in [0.2, 0.25) is 5.91 Å². The Morgan fingerprint density at radius 2 is 1.57 bits per heavy atom. The number of nitrogens with one attached hydrogen (secondary N) is 1. The molecule has 3 aromatic rings. The van der Waals surface area contributed by atoms with Crippen LogP contribution in [-0.4, -0.2) is 18.8 Å². The first-order chi connectivity index (χ1) is 17.7. The summed E-state index contributed by atoms with van der Waals surface area (Å²) in [5.41, 5.74) is 6.44. The van der Waals surface area contributed by atoms with E-state index in [2.05, 4.69) is 50.4 Å². The highest BCUT2D eigenvalue weighted by Crippen LogP contribution is 2.47. The molecule has 1 N–H and O–H groups in total. The van der Waals surface area contributed by atoms with Crippen molar-refractivity contribution in [2.24, 2.45) is 0 Å². The molecule has 2 unspecified atom stereocenters. The molecule has 5 rings (SSSR count). The minimum absolute atomic E-state index is 0.00702. The fourth-order valence-electron chi connectivity index (χ4n) is 5.53. The van der Waals surface area contributed by atoms with Gasteiger partial charge in [-0.3, -0.25) is 14.5 Å². The van der Waals surface area contributed by atoms with Crippen molar-refractivity contribution in [1.82, 2.24) is 0 Å². The van der Waals surface area contributed by atoms with Gasteiger partial charge in [0.25, 0.3) is 0 Å². The molecule has 0 fully saturated rings. The zero-order chi connectivity index (χ0) is 26.3. The van der Waals surface area contributed by atoms with Crippen LogP contribution in [0.15, 0.2) is 84.1 Å². The van der Waals surface area contributed by atoms with Crippen LogP contribution in [-0.2, 0) is 15.0 Å². The molecule has 1 aliphatic carbocycles. The van der Waals surface area contributed by atoms with E-state index in [1.807, 2.05) is 48.5 Å². The highest BCUT2D eigenvalue weighted by molar-refractivity contribution is 6.06. The molecular weight excluding hydrogens is 460 g/mol. The van der Waals surface area contributed by atoms with Crippen molar-refractivity contribution in [3.63, 3.8) is 0 Å². The van der Waals surface area contributed by atoms with Gasteiger partial charge >= 0.3 is 0 Å². The number of hydrogen-bond donors (Lipinski definition) is 1. The monoisotopic (exact) mass is 494 g/mol. The van der Waals surface area contributed by atoms with Crippen LogP contribution in [0, 0.1) is 0 Å². The van der Waals surface area contributed by atoms with Gasteiger partial charge in [-0.25, -0.2) is 0 Å². The summed E-state index contributed by atoms with van der Waals surface area (Å²) in [6, 6.07) is 23.6. The van der Waals surface area contributed by atoms with Crippen molar-refractivity contribution >= 4 is 23.1 Å². The van der Waals surface area contributed by atoms with Crippen LogP contribution in [0.25, 0.3) is 0 Å². The number of para-hydroxylation sites is 2. The molecule has 190 valence electrons. The molecule has 0 saturated heterocycles. The van der Waals surface area contributed by atoms with E-state index in [1.54, 1.807) is 18.9 Å². The first-order valence-electron chi connectivity index (χ1n) is 12.8. The third-order valence-corrected chi connectivity index (χ3v) is 7.51. The minimum Gasteiger partial charge on any atom is -0.497 e. The molecular formula is C32H34N2O3. The van der Waals surface area contributed by atoms with Gasteiger partial charge in [0.05, 0.1) is 24.5 Å². The molecule has 0 aromatic heterocycles.